The summed E-state index contributed by atoms with van der Waals surface area (Å²) in [7, 11) is 3.65. The highest BCUT2D eigenvalue weighted by molar-refractivity contribution is 5.90. The van der Waals surface area contributed by atoms with Crippen LogP contribution >= 0.6 is 0 Å². The van der Waals surface area contributed by atoms with E-state index in [-0.39, 0.29) is 5.97 Å². The number of nitrogens with zero attached hydrogens (tertiary/aromatic N) is 2. The molecule has 1 aliphatic carbocycles. The number of carbonyl (C=O) groups excluding carboxylic acids is 1. The zero-order chi connectivity index (χ0) is 20.9. The van der Waals surface area contributed by atoms with Gasteiger partial charge in [0.1, 0.15) is 0 Å². The number of ether oxygens (including phenoxy) is 2. The predicted molar refractivity (Wildman–Crippen MR) is 118 cm³/mol. The summed E-state index contributed by atoms with van der Waals surface area (Å²) in [5, 5.41) is 0. The van der Waals surface area contributed by atoms with E-state index in [0.717, 1.165) is 50.9 Å². The molecule has 1 aromatic heterocycles. The Morgan fingerprint density at radius 3 is 2.87 bits per heavy atom. The number of fused-ring (bicyclic) bond motifs is 1. The molecule has 5 nitrogen and oxygen atoms in total. The summed E-state index contributed by atoms with van der Waals surface area (Å²) in [6, 6.07) is 9.36. The number of hydrogen-bond acceptors (Lipinski definition) is 5. The molecule has 4 rings (SSSR count). The van der Waals surface area contributed by atoms with Gasteiger partial charge < -0.3 is 14.4 Å². The first-order chi connectivity index (χ1) is 14.7. The van der Waals surface area contributed by atoms with Gasteiger partial charge in [0.25, 0.3) is 0 Å². The molecule has 1 atom stereocenters. The normalized spacial score (nSPS) is 19.2. The number of aromatic nitrogens is 1. The third-order valence-corrected chi connectivity index (χ3v) is 6.78. The van der Waals surface area contributed by atoms with Gasteiger partial charge in [0.2, 0.25) is 0 Å². The van der Waals surface area contributed by atoms with E-state index in [0.29, 0.717) is 17.5 Å². The average Bonchev–Trinajstić information content (AvgIpc) is 2.82. The molecule has 0 radical (unpaired) electrons. The number of aryl methyl sites for hydroxylation is 2. The molecule has 5 heteroatoms. The van der Waals surface area contributed by atoms with Crippen LogP contribution in [0, 0.1) is 0 Å². The smallest absolute Gasteiger partial charge is 0.338 e. The van der Waals surface area contributed by atoms with Crippen LogP contribution in [0.25, 0.3) is 0 Å². The van der Waals surface area contributed by atoms with Crippen molar-refractivity contribution in [1.82, 2.24) is 4.98 Å². The minimum absolute atomic E-state index is 0.280. The van der Waals surface area contributed by atoms with Gasteiger partial charge in [-0.2, -0.15) is 0 Å². The van der Waals surface area contributed by atoms with Crippen LogP contribution in [0.1, 0.15) is 65.1 Å². The average molecular weight is 409 g/mol. The van der Waals surface area contributed by atoms with E-state index in [1.807, 2.05) is 6.20 Å². The quantitative estimate of drug-likeness (QED) is 0.657. The van der Waals surface area contributed by atoms with Crippen molar-refractivity contribution >= 4 is 11.7 Å². The number of carbonyl (C=O) groups is 1. The first kappa shape index (κ1) is 20.9. The van der Waals surface area contributed by atoms with Gasteiger partial charge in [-0.1, -0.05) is 6.07 Å². The van der Waals surface area contributed by atoms with Crippen LogP contribution in [0.5, 0.6) is 0 Å². The fourth-order valence-electron chi connectivity index (χ4n) is 4.97. The number of esters is 1. The molecule has 0 spiro atoms. The molecule has 2 aromatic rings. The lowest BCUT2D eigenvalue weighted by Gasteiger charge is -2.34. The van der Waals surface area contributed by atoms with Gasteiger partial charge in [-0.05, 0) is 85.8 Å². The lowest BCUT2D eigenvalue weighted by atomic mass is 9.79. The Morgan fingerprint density at radius 1 is 1.23 bits per heavy atom. The Kier molecular flexibility index (Phi) is 6.68. The summed E-state index contributed by atoms with van der Waals surface area (Å²) >= 11 is 0. The summed E-state index contributed by atoms with van der Waals surface area (Å²) in [6.07, 6.45) is 11.1. The van der Waals surface area contributed by atoms with Crippen molar-refractivity contribution in [2.24, 2.45) is 0 Å². The Balaban J connectivity index is 1.47. The molecular formula is C25H32N2O3. The first-order valence-electron chi connectivity index (χ1n) is 11.1. The van der Waals surface area contributed by atoms with Gasteiger partial charge in [0.15, 0.2) is 0 Å². The number of methoxy groups -OCH3 is 1. The van der Waals surface area contributed by atoms with Gasteiger partial charge in [0.05, 0.1) is 12.7 Å². The largest absolute Gasteiger partial charge is 0.465 e. The minimum Gasteiger partial charge on any atom is -0.465 e. The summed E-state index contributed by atoms with van der Waals surface area (Å²) < 4.78 is 10.5. The van der Waals surface area contributed by atoms with Crippen LogP contribution < -0.4 is 4.90 Å². The van der Waals surface area contributed by atoms with E-state index in [2.05, 4.69) is 35.1 Å². The second-order valence-electron chi connectivity index (χ2n) is 8.49. The molecule has 30 heavy (non-hydrogen) atoms. The number of benzene rings is 1. The standard InChI is InChI=1S/C25H32N2O3/c1-27(21-11-14-30-15-12-21)22-8-9-23-18(4-3-5-19(23)16-22)6-7-20-17-26-13-10-24(20)25(28)29-2/h8-10,13,16-18,21H,3-7,11-12,14-15H2,1-2H3/t18-/m0/s1. The molecule has 1 fully saturated rings. The topological polar surface area (TPSA) is 51.7 Å². The van der Waals surface area contributed by atoms with E-state index >= 15 is 0 Å². The predicted octanol–water partition coefficient (Wildman–Crippen LogP) is 4.54. The van der Waals surface area contributed by atoms with Crippen LogP contribution in [0.4, 0.5) is 5.69 Å². The molecule has 2 aliphatic rings. The molecule has 1 aliphatic heterocycles. The fourth-order valence-corrected chi connectivity index (χ4v) is 4.97. The number of hydrogen-bond donors (Lipinski definition) is 0. The summed E-state index contributed by atoms with van der Waals surface area (Å²) in [5.41, 5.74) is 5.90. The lowest BCUT2D eigenvalue weighted by molar-refractivity contribution is 0.0599. The SMILES string of the molecule is COC(=O)c1ccncc1CC[C@@H]1CCCc2cc(N(C)C3CCOCC3)ccc21. The third kappa shape index (κ3) is 4.51. The Labute approximate surface area is 179 Å². The molecule has 0 saturated carbocycles. The maximum Gasteiger partial charge on any atom is 0.338 e. The lowest BCUT2D eigenvalue weighted by Crippen LogP contribution is -2.36. The van der Waals surface area contributed by atoms with Gasteiger partial charge in [-0.3, -0.25) is 4.98 Å². The van der Waals surface area contributed by atoms with E-state index in [1.165, 1.54) is 36.8 Å². The highest BCUT2D eigenvalue weighted by atomic mass is 16.5. The molecule has 0 unspecified atom stereocenters. The molecule has 1 saturated heterocycles. The Hall–Kier alpha value is -2.40. The Bertz CT molecular complexity index is 876. The molecule has 0 N–H and O–H groups in total. The zero-order valence-electron chi connectivity index (χ0n) is 18.1. The van der Waals surface area contributed by atoms with Crippen LogP contribution in [0.2, 0.25) is 0 Å². The van der Waals surface area contributed by atoms with Crippen molar-refractivity contribution < 1.29 is 14.3 Å². The minimum atomic E-state index is -0.280. The number of pyridine rings is 1. The maximum absolute atomic E-state index is 12.1. The second-order valence-corrected chi connectivity index (χ2v) is 8.49. The zero-order valence-corrected chi connectivity index (χ0v) is 18.1. The van der Waals surface area contributed by atoms with Crippen LogP contribution in [0.3, 0.4) is 0 Å². The second kappa shape index (κ2) is 9.61. The molecule has 1 aromatic carbocycles. The Morgan fingerprint density at radius 2 is 2.07 bits per heavy atom. The molecule has 2 heterocycles. The molecule has 0 amide bonds. The van der Waals surface area contributed by atoms with Crippen LogP contribution in [0.15, 0.2) is 36.7 Å². The monoisotopic (exact) mass is 408 g/mol. The summed E-state index contributed by atoms with van der Waals surface area (Å²) in [5.74, 6) is 0.249. The van der Waals surface area contributed by atoms with Crippen molar-refractivity contribution in [3.63, 3.8) is 0 Å². The highest BCUT2D eigenvalue weighted by Gasteiger charge is 2.24. The van der Waals surface area contributed by atoms with Crippen molar-refractivity contribution in [2.45, 2.75) is 56.9 Å². The molecule has 160 valence electrons. The van der Waals surface area contributed by atoms with Crippen molar-refractivity contribution in [3.05, 3.63) is 58.9 Å². The van der Waals surface area contributed by atoms with Crippen molar-refractivity contribution in [3.8, 4) is 0 Å². The van der Waals surface area contributed by atoms with Crippen LogP contribution in [-0.2, 0) is 22.3 Å². The highest BCUT2D eigenvalue weighted by Crippen LogP contribution is 2.37. The molecule has 0 bridgehead atoms. The van der Waals surface area contributed by atoms with Gasteiger partial charge >= 0.3 is 5.97 Å². The van der Waals surface area contributed by atoms with E-state index in [1.54, 1.807) is 12.3 Å². The van der Waals surface area contributed by atoms with Crippen LogP contribution in [-0.4, -0.2) is 44.4 Å². The summed E-state index contributed by atoms with van der Waals surface area (Å²) in [4.78, 5) is 18.7. The van der Waals surface area contributed by atoms with Crippen molar-refractivity contribution in [2.75, 3.05) is 32.3 Å². The fraction of sp³-hybridized carbons (Fsp3) is 0.520. The van der Waals surface area contributed by atoms with E-state index < -0.39 is 0 Å². The first-order valence-corrected chi connectivity index (χ1v) is 11.1. The number of anilines is 1. The van der Waals surface area contributed by atoms with E-state index in [4.69, 9.17) is 9.47 Å². The molecular weight excluding hydrogens is 376 g/mol. The summed E-state index contributed by atoms with van der Waals surface area (Å²) in [6.45, 7) is 1.73. The van der Waals surface area contributed by atoms with Gasteiger partial charge in [-0.25, -0.2) is 4.79 Å². The van der Waals surface area contributed by atoms with Gasteiger partial charge in [-0.15, -0.1) is 0 Å². The van der Waals surface area contributed by atoms with Gasteiger partial charge in [0, 0.05) is 44.4 Å². The maximum atomic E-state index is 12.1. The third-order valence-electron chi connectivity index (χ3n) is 6.78. The van der Waals surface area contributed by atoms with Crippen molar-refractivity contribution in [1.29, 1.82) is 0 Å². The van der Waals surface area contributed by atoms with E-state index in [9.17, 15) is 4.79 Å². The number of rotatable bonds is 6.